The first-order chi connectivity index (χ1) is 12.9. The van der Waals surface area contributed by atoms with Gasteiger partial charge in [0.05, 0.1) is 6.04 Å². The van der Waals surface area contributed by atoms with Gasteiger partial charge in [0, 0.05) is 31.9 Å². The molecule has 1 aliphatic heterocycles. The molecular formula is C19H26F3N3O3. The Morgan fingerprint density at radius 3 is 2.04 bits per heavy atom. The van der Waals surface area contributed by atoms with E-state index in [1.54, 1.807) is 29.2 Å². The highest BCUT2D eigenvalue weighted by molar-refractivity contribution is 5.82. The maximum Gasteiger partial charge on any atom is 0.471 e. The van der Waals surface area contributed by atoms with Crippen LogP contribution in [0.2, 0.25) is 0 Å². The normalized spacial score (nSPS) is 16.5. The third-order valence-corrected chi connectivity index (χ3v) is 4.29. The van der Waals surface area contributed by atoms with Crippen molar-refractivity contribution in [3.8, 4) is 0 Å². The van der Waals surface area contributed by atoms with Gasteiger partial charge >= 0.3 is 18.2 Å². The number of amides is 2. The number of nitrogens with one attached hydrogen (secondary N) is 1. The number of halogens is 3. The number of piperazine rings is 1. The molecule has 1 atom stereocenters. The lowest BCUT2D eigenvalue weighted by atomic mass is 10.1. The highest BCUT2D eigenvalue weighted by Crippen LogP contribution is 2.23. The van der Waals surface area contributed by atoms with Gasteiger partial charge in [-0.05, 0) is 45.4 Å². The molecule has 0 saturated carbocycles. The Morgan fingerprint density at radius 2 is 1.57 bits per heavy atom. The van der Waals surface area contributed by atoms with Crippen molar-refractivity contribution >= 4 is 17.7 Å². The predicted octanol–water partition coefficient (Wildman–Crippen LogP) is 3.48. The van der Waals surface area contributed by atoms with Gasteiger partial charge in [-0.3, -0.25) is 4.79 Å². The molecule has 1 aromatic rings. The van der Waals surface area contributed by atoms with Crippen LogP contribution < -0.4 is 10.2 Å². The largest absolute Gasteiger partial charge is 0.471 e. The molecule has 1 N–H and O–H groups in total. The molecule has 0 aliphatic carbocycles. The standard InChI is InChI=1S/C19H26F3N3O3/c1-13(23-16(26)19(20,21)22)14-5-7-15(8-6-14)24-9-11-25(12-10-24)17(27)28-18(2,3)4/h5-8,13H,9-12H2,1-4H3,(H,23,26). The van der Waals surface area contributed by atoms with E-state index in [4.69, 9.17) is 4.74 Å². The van der Waals surface area contributed by atoms with E-state index in [9.17, 15) is 22.8 Å². The van der Waals surface area contributed by atoms with Gasteiger partial charge in [-0.2, -0.15) is 13.2 Å². The minimum atomic E-state index is -4.90. The summed E-state index contributed by atoms with van der Waals surface area (Å²) in [4.78, 5) is 26.9. The van der Waals surface area contributed by atoms with E-state index >= 15 is 0 Å². The summed E-state index contributed by atoms with van der Waals surface area (Å²) < 4.78 is 42.4. The molecular weight excluding hydrogens is 375 g/mol. The number of alkyl halides is 3. The fourth-order valence-corrected chi connectivity index (χ4v) is 2.81. The number of carbonyl (C=O) groups excluding carboxylic acids is 2. The van der Waals surface area contributed by atoms with Gasteiger partial charge in [-0.15, -0.1) is 0 Å². The van der Waals surface area contributed by atoms with E-state index in [1.807, 2.05) is 26.1 Å². The summed E-state index contributed by atoms with van der Waals surface area (Å²) in [5.74, 6) is -1.96. The minimum Gasteiger partial charge on any atom is -0.444 e. The number of carbonyl (C=O) groups is 2. The lowest BCUT2D eigenvalue weighted by Crippen LogP contribution is -2.50. The molecule has 6 nitrogen and oxygen atoms in total. The Hall–Kier alpha value is -2.45. The van der Waals surface area contributed by atoms with Crippen LogP contribution in [-0.4, -0.2) is 54.9 Å². The van der Waals surface area contributed by atoms with Crippen molar-refractivity contribution in [2.45, 2.75) is 45.5 Å². The van der Waals surface area contributed by atoms with Crippen molar-refractivity contribution in [3.63, 3.8) is 0 Å². The SMILES string of the molecule is CC(NC(=O)C(F)(F)F)c1ccc(N2CCN(C(=O)OC(C)(C)C)CC2)cc1. The van der Waals surface area contributed by atoms with Crippen molar-refractivity contribution in [3.05, 3.63) is 29.8 Å². The summed E-state index contributed by atoms with van der Waals surface area (Å²) in [6, 6.07) is 6.23. The highest BCUT2D eigenvalue weighted by atomic mass is 19.4. The molecule has 2 rings (SSSR count). The molecule has 0 bridgehead atoms. The second kappa shape index (κ2) is 8.28. The Kier molecular flexibility index (Phi) is 6.46. The Balaban J connectivity index is 1.91. The van der Waals surface area contributed by atoms with Crippen LogP contribution >= 0.6 is 0 Å². The number of nitrogens with zero attached hydrogens (tertiary/aromatic N) is 2. The number of ether oxygens (including phenoxy) is 1. The molecule has 0 aromatic heterocycles. The summed E-state index contributed by atoms with van der Waals surface area (Å²) in [5.41, 5.74) is 0.943. The zero-order chi connectivity index (χ0) is 21.1. The predicted molar refractivity (Wildman–Crippen MR) is 99.1 cm³/mol. The zero-order valence-corrected chi connectivity index (χ0v) is 16.5. The molecule has 1 unspecified atom stereocenters. The number of anilines is 1. The van der Waals surface area contributed by atoms with Crippen LogP contribution in [0.4, 0.5) is 23.7 Å². The van der Waals surface area contributed by atoms with E-state index in [-0.39, 0.29) is 6.09 Å². The Bertz CT molecular complexity index is 691. The van der Waals surface area contributed by atoms with Crippen LogP contribution in [0, 0.1) is 0 Å². The summed E-state index contributed by atoms with van der Waals surface area (Å²) in [7, 11) is 0. The number of hydrogen-bond acceptors (Lipinski definition) is 4. The molecule has 1 aromatic carbocycles. The van der Waals surface area contributed by atoms with Crippen molar-refractivity contribution in [1.29, 1.82) is 0 Å². The molecule has 0 radical (unpaired) electrons. The van der Waals surface area contributed by atoms with Gasteiger partial charge in [-0.25, -0.2) is 4.79 Å². The van der Waals surface area contributed by atoms with Crippen LogP contribution in [0.15, 0.2) is 24.3 Å². The smallest absolute Gasteiger partial charge is 0.444 e. The van der Waals surface area contributed by atoms with Crippen molar-refractivity contribution in [2.24, 2.45) is 0 Å². The monoisotopic (exact) mass is 401 g/mol. The van der Waals surface area contributed by atoms with Gasteiger partial charge in [0.1, 0.15) is 5.60 Å². The van der Waals surface area contributed by atoms with Crippen molar-refractivity contribution < 1.29 is 27.5 Å². The number of rotatable bonds is 3. The summed E-state index contributed by atoms with van der Waals surface area (Å²) in [5, 5.41) is 1.94. The van der Waals surface area contributed by atoms with Gasteiger partial charge in [0.2, 0.25) is 0 Å². The summed E-state index contributed by atoms with van der Waals surface area (Å²) in [6.45, 7) is 9.25. The van der Waals surface area contributed by atoms with Gasteiger partial charge < -0.3 is 19.9 Å². The zero-order valence-electron chi connectivity index (χ0n) is 16.5. The van der Waals surface area contributed by atoms with Gasteiger partial charge in [-0.1, -0.05) is 12.1 Å². The molecule has 1 saturated heterocycles. The van der Waals surface area contributed by atoms with E-state index in [0.29, 0.717) is 31.7 Å². The average Bonchev–Trinajstić information content (AvgIpc) is 2.59. The summed E-state index contributed by atoms with van der Waals surface area (Å²) >= 11 is 0. The number of benzene rings is 1. The first kappa shape index (κ1) is 21.8. The fourth-order valence-electron chi connectivity index (χ4n) is 2.81. The molecule has 9 heteroatoms. The van der Waals surface area contributed by atoms with Crippen molar-refractivity contribution in [1.82, 2.24) is 10.2 Å². The molecule has 0 spiro atoms. The van der Waals surface area contributed by atoms with Crippen LogP contribution in [0.1, 0.15) is 39.3 Å². The average molecular weight is 401 g/mol. The Morgan fingerprint density at radius 1 is 1.04 bits per heavy atom. The van der Waals surface area contributed by atoms with Gasteiger partial charge in [0.25, 0.3) is 0 Å². The van der Waals surface area contributed by atoms with E-state index < -0.39 is 23.7 Å². The third-order valence-electron chi connectivity index (χ3n) is 4.29. The topological polar surface area (TPSA) is 61.9 Å². The lowest BCUT2D eigenvalue weighted by molar-refractivity contribution is -0.174. The third kappa shape index (κ3) is 6.03. The molecule has 1 aliphatic rings. The van der Waals surface area contributed by atoms with Crippen LogP contribution in [-0.2, 0) is 9.53 Å². The molecule has 28 heavy (non-hydrogen) atoms. The van der Waals surface area contributed by atoms with Gasteiger partial charge in [0.15, 0.2) is 0 Å². The van der Waals surface area contributed by atoms with E-state index in [0.717, 1.165) is 5.69 Å². The molecule has 156 valence electrons. The minimum absolute atomic E-state index is 0.336. The van der Waals surface area contributed by atoms with Crippen LogP contribution in [0.25, 0.3) is 0 Å². The van der Waals surface area contributed by atoms with Crippen LogP contribution in [0.3, 0.4) is 0 Å². The fraction of sp³-hybridized carbons (Fsp3) is 0.579. The van der Waals surface area contributed by atoms with Crippen molar-refractivity contribution in [2.75, 3.05) is 31.1 Å². The molecule has 1 heterocycles. The second-order valence-electron chi connectivity index (χ2n) is 7.74. The van der Waals surface area contributed by atoms with Crippen LogP contribution in [0.5, 0.6) is 0 Å². The lowest BCUT2D eigenvalue weighted by Gasteiger charge is -2.36. The highest BCUT2D eigenvalue weighted by Gasteiger charge is 2.39. The van der Waals surface area contributed by atoms with E-state index in [2.05, 4.69) is 4.90 Å². The number of hydrogen-bond donors (Lipinski definition) is 1. The second-order valence-corrected chi connectivity index (χ2v) is 7.74. The Labute approximate surface area is 162 Å². The first-order valence-electron chi connectivity index (χ1n) is 9.07. The van der Waals surface area contributed by atoms with E-state index in [1.165, 1.54) is 6.92 Å². The summed E-state index contributed by atoms with van der Waals surface area (Å²) in [6.07, 6.45) is -5.24. The first-order valence-corrected chi connectivity index (χ1v) is 9.07. The molecule has 2 amide bonds. The molecule has 1 fully saturated rings. The maximum atomic E-state index is 12.4. The quantitative estimate of drug-likeness (QED) is 0.842. The maximum absolute atomic E-state index is 12.4.